The third-order valence-corrected chi connectivity index (χ3v) is 2.16. The van der Waals surface area contributed by atoms with Crippen molar-refractivity contribution in [3.63, 3.8) is 0 Å². The van der Waals surface area contributed by atoms with Crippen molar-refractivity contribution in [1.29, 1.82) is 5.26 Å². The van der Waals surface area contributed by atoms with Crippen molar-refractivity contribution in [2.24, 2.45) is 0 Å². The maximum absolute atomic E-state index is 8.83. The topological polar surface area (TPSA) is 45.0 Å². The van der Waals surface area contributed by atoms with Gasteiger partial charge in [0.2, 0.25) is 0 Å². The molecule has 1 aromatic carbocycles. The first-order valence-corrected chi connectivity index (χ1v) is 5.04. The normalized spacial score (nSPS) is 9.50. The summed E-state index contributed by atoms with van der Waals surface area (Å²) in [6.45, 7) is 1.33. The van der Waals surface area contributed by atoms with Crippen molar-refractivity contribution < 1.29 is 4.74 Å². The number of rotatable bonds is 4. The van der Waals surface area contributed by atoms with Crippen LogP contribution in [0.4, 0.5) is 0 Å². The molecule has 0 bridgehead atoms. The second-order valence-electron chi connectivity index (χ2n) is 2.70. The Morgan fingerprint density at radius 2 is 2.36 bits per heavy atom. The molecule has 1 rings (SSSR count). The fourth-order valence-corrected chi connectivity index (χ4v) is 1.34. The first-order valence-electron chi connectivity index (χ1n) is 4.25. The lowest BCUT2D eigenvalue weighted by Gasteiger charge is -2.07. The zero-order valence-electron chi connectivity index (χ0n) is 7.88. The molecule has 14 heavy (non-hydrogen) atoms. The highest BCUT2D eigenvalue weighted by atomic mass is 79.9. The number of nitriles is 1. The number of benzene rings is 1. The Morgan fingerprint density at radius 3 is 3.00 bits per heavy atom. The predicted octanol–water partition coefficient (Wildman–Crippen LogP) is 1.92. The van der Waals surface area contributed by atoms with Gasteiger partial charge in [-0.05, 0) is 25.2 Å². The Hall–Kier alpha value is -1.05. The summed E-state index contributed by atoms with van der Waals surface area (Å²) >= 11 is 3.30. The Balaban J connectivity index is 2.72. The molecule has 4 heteroatoms. The molecule has 0 unspecified atom stereocenters. The molecular weight excluding hydrogens is 244 g/mol. The van der Waals surface area contributed by atoms with Crippen LogP contribution in [0.1, 0.15) is 5.56 Å². The van der Waals surface area contributed by atoms with Crippen LogP contribution >= 0.6 is 15.9 Å². The number of nitrogens with one attached hydrogen (secondary N) is 1. The summed E-state index contributed by atoms with van der Waals surface area (Å²) in [5.74, 6) is 0.631. The summed E-state index contributed by atoms with van der Waals surface area (Å²) in [5, 5.41) is 11.8. The van der Waals surface area contributed by atoms with Gasteiger partial charge in [-0.2, -0.15) is 5.26 Å². The van der Waals surface area contributed by atoms with E-state index >= 15 is 0 Å². The highest BCUT2D eigenvalue weighted by Crippen LogP contribution is 2.22. The number of hydrogen-bond donors (Lipinski definition) is 1. The van der Waals surface area contributed by atoms with E-state index in [1.807, 2.05) is 13.1 Å². The van der Waals surface area contributed by atoms with Crippen LogP contribution in [0, 0.1) is 11.3 Å². The third-order valence-electron chi connectivity index (χ3n) is 1.67. The lowest BCUT2D eigenvalue weighted by atomic mass is 10.2. The van der Waals surface area contributed by atoms with Crippen LogP contribution in [-0.4, -0.2) is 20.2 Å². The zero-order chi connectivity index (χ0) is 10.4. The van der Waals surface area contributed by atoms with Gasteiger partial charge in [0.05, 0.1) is 5.56 Å². The van der Waals surface area contributed by atoms with Gasteiger partial charge in [-0.15, -0.1) is 0 Å². The van der Waals surface area contributed by atoms with Crippen LogP contribution in [0.3, 0.4) is 0 Å². The summed E-state index contributed by atoms with van der Waals surface area (Å²) in [4.78, 5) is 0. The molecule has 0 radical (unpaired) electrons. The second-order valence-corrected chi connectivity index (χ2v) is 3.62. The van der Waals surface area contributed by atoms with Crippen molar-refractivity contribution in [3.05, 3.63) is 28.2 Å². The minimum Gasteiger partial charge on any atom is -0.491 e. The van der Waals surface area contributed by atoms with Crippen molar-refractivity contribution in [3.8, 4) is 11.8 Å². The Bertz CT molecular complexity index is 346. The minimum atomic E-state index is 0.551. The van der Waals surface area contributed by atoms with E-state index in [0.29, 0.717) is 17.9 Å². The lowest BCUT2D eigenvalue weighted by Crippen LogP contribution is -2.16. The molecular formula is C10H11BrN2O. The van der Waals surface area contributed by atoms with E-state index in [2.05, 4.69) is 27.3 Å². The summed E-state index contributed by atoms with van der Waals surface area (Å²) in [6.07, 6.45) is 0. The molecule has 1 aromatic rings. The lowest BCUT2D eigenvalue weighted by molar-refractivity contribution is 0.317. The SMILES string of the molecule is CNCCOc1ccc(Br)cc1C#N. The number of nitrogens with zero attached hydrogens (tertiary/aromatic N) is 1. The molecule has 0 heterocycles. The third kappa shape index (κ3) is 3.02. The van der Waals surface area contributed by atoms with Crippen molar-refractivity contribution in [1.82, 2.24) is 5.32 Å². The first-order chi connectivity index (χ1) is 6.77. The van der Waals surface area contributed by atoms with E-state index in [-0.39, 0.29) is 0 Å². The standard InChI is InChI=1S/C10H11BrN2O/c1-13-4-5-14-10-3-2-9(11)6-8(10)7-12/h2-3,6,13H,4-5H2,1H3. The van der Waals surface area contributed by atoms with Crippen molar-refractivity contribution in [2.75, 3.05) is 20.2 Å². The number of ether oxygens (including phenoxy) is 1. The quantitative estimate of drug-likeness (QED) is 0.836. The molecule has 1 N–H and O–H groups in total. The molecule has 0 saturated heterocycles. The van der Waals surface area contributed by atoms with Crippen LogP contribution in [0.25, 0.3) is 0 Å². The van der Waals surface area contributed by atoms with Gasteiger partial charge in [-0.25, -0.2) is 0 Å². The van der Waals surface area contributed by atoms with E-state index in [1.165, 1.54) is 0 Å². The smallest absolute Gasteiger partial charge is 0.137 e. The van der Waals surface area contributed by atoms with Crippen LogP contribution < -0.4 is 10.1 Å². The number of halogens is 1. The maximum Gasteiger partial charge on any atom is 0.137 e. The highest BCUT2D eigenvalue weighted by molar-refractivity contribution is 9.10. The van der Waals surface area contributed by atoms with E-state index < -0.39 is 0 Å². The molecule has 0 spiro atoms. The number of likely N-dealkylation sites (N-methyl/N-ethyl adjacent to an activating group) is 1. The summed E-state index contributed by atoms with van der Waals surface area (Å²) in [6, 6.07) is 7.48. The Labute approximate surface area is 91.8 Å². The van der Waals surface area contributed by atoms with Crippen LogP contribution in [0.15, 0.2) is 22.7 Å². The fourth-order valence-electron chi connectivity index (χ4n) is 0.978. The van der Waals surface area contributed by atoms with Gasteiger partial charge in [0, 0.05) is 11.0 Å². The Kier molecular flexibility index (Phi) is 4.44. The summed E-state index contributed by atoms with van der Waals surface area (Å²) < 4.78 is 6.30. The molecule has 3 nitrogen and oxygen atoms in total. The predicted molar refractivity (Wildman–Crippen MR) is 58.3 cm³/mol. The van der Waals surface area contributed by atoms with Gasteiger partial charge in [-0.1, -0.05) is 15.9 Å². The van der Waals surface area contributed by atoms with E-state index in [9.17, 15) is 0 Å². The monoisotopic (exact) mass is 254 g/mol. The first kappa shape index (κ1) is 11.0. The molecule has 0 saturated carbocycles. The molecule has 0 aliphatic rings. The largest absolute Gasteiger partial charge is 0.491 e. The van der Waals surface area contributed by atoms with E-state index in [4.69, 9.17) is 10.00 Å². The van der Waals surface area contributed by atoms with Crippen LogP contribution in [-0.2, 0) is 0 Å². The van der Waals surface area contributed by atoms with Gasteiger partial charge in [0.25, 0.3) is 0 Å². The van der Waals surface area contributed by atoms with Gasteiger partial charge in [0.1, 0.15) is 18.4 Å². The van der Waals surface area contributed by atoms with E-state index in [0.717, 1.165) is 11.0 Å². The van der Waals surface area contributed by atoms with Gasteiger partial charge in [-0.3, -0.25) is 0 Å². The van der Waals surface area contributed by atoms with Gasteiger partial charge < -0.3 is 10.1 Å². The molecule has 0 atom stereocenters. The fraction of sp³-hybridized carbons (Fsp3) is 0.300. The Morgan fingerprint density at radius 1 is 1.57 bits per heavy atom. The molecule has 74 valence electrons. The minimum absolute atomic E-state index is 0.551. The zero-order valence-corrected chi connectivity index (χ0v) is 9.47. The van der Waals surface area contributed by atoms with Crippen LogP contribution in [0.2, 0.25) is 0 Å². The molecule has 0 aromatic heterocycles. The maximum atomic E-state index is 8.83. The number of hydrogen-bond acceptors (Lipinski definition) is 3. The summed E-state index contributed by atoms with van der Waals surface area (Å²) in [7, 11) is 1.86. The van der Waals surface area contributed by atoms with Crippen LogP contribution in [0.5, 0.6) is 5.75 Å². The molecule has 0 amide bonds. The molecule has 0 fully saturated rings. The van der Waals surface area contributed by atoms with Crippen molar-refractivity contribution >= 4 is 15.9 Å². The van der Waals surface area contributed by atoms with Gasteiger partial charge in [0.15, 0.2) is 0 Å². The van der Waals surface area contributed by atoms with E-state index in [1.54, 1.807) is 12.1 Å². The molecule has 0 aliphatic heterocycles. The van der Waals surface area contributed by atoms with Gasteiger partial charge >= 0.3 is 0 Å². The molecule has 0 aliphatic carbocycles. The highest BCUT2D eigenvalue weighted by Gasteiger charge is 2.02. The average molecular weight is 255 g/mol. The summed E-state index contributed by atoms with van der Waals surface area (Å²) in [5.41, 5.74) is 0.551. The van der Waals surface area contributed by atoms with Crippen molar-refractivity contribution in [2.45, 2.75) is 0 Å². The second kappa shape index (κ2) is 5.63. The average Bonchev–Trinajstić information content (AvgIpc) is 2.20.